The summed E-state index contributed by atoms with van der Waals surface area (Å²) in [6.45, 7) is 2.88. The van der Waals surface area contributed by atoms with Crippen molar-refractivity contribution in [2.24, 2.45) is 0 Å². The Bertz CT molecular complexity index is 541. The van der Waals surface area contributed by atoms with Gasteiger partial charge in [0.2, 0.25) is 0 Å². The molecule has 3 heterocycles. The van der Waals surface area contributed by atoms with Crippen LogP contribution in [0.1, 0.15) is 24.6 Å². The first kappa shape index (κ1) is 13.3. The maximum absolute atomic E-state index is 5.20. The standard InChI is InChI=1S/C15H20N4O/c1-20-11-10-18-8-3-5-14(18)13-4-2-6-15(17-13)19-9-7-16-12-19/h2,4,6-7,9,12,14H,3,5,8,10-11H2,1H3. The second kappa shape index (κ2) is 6.15. The molecule has 20 heavy (non-hydrogen) atoms. The van der Waals surface area contributed by atoms with Gasteiger partial charge in [0.15, 0.2) is 0 Å². The second-order valence-electron chi connectivity index (χ2n) is 5.08. The van der Waals surface area contributed by atoms with Crippen molar-refractivity contribution >= 4 is 0 Å². The number of nitrogens with zero attached hydrogens (tertiary/aromatic N) is 4. The Balaban J connectivity index is 1.81. The monoisotopic (exact) mass is 272 g/mol. The molecule has 2 aromatic rings. The number of rotatable bonds is 5. The smallest absolute Gasteiger partial charge is 0.138 e. The average molecular weight is 272 g/mol. The van der Waals surface area contributed by atoms with Gasteiger partial charge >= 0.3 is 0 Å². The Morgan fingerprint density at radius 2 is 2.35 bits per heavy atom. The molecule has 3 rings (SSSR count). The van der Waals surface area contributed by atoms with Gasteiger partial charge in [-0.15, -0.1) is 0 Å². The predicted octanol–water partition coefficient (Wildman–Crippen LogP) is 2.05. The lowest BCUT2D eigenvalue weighted by molar-refractivity contribution is 0.140. The van der Waals surface area contributed by atoms with E-state index >= 15 is 0 Å². The third-order valence-corrected chi connectivity index (χ3v) is 3.81. The first-order chi connectivity index (χ1) is 9.88. The van der Waals surface area contributed by atoms with Crippen molar-refractivity contribution in [3.05, 3.63) is 42.6 Å². The fourth-order valence-electron chi connectivity index (χ4n) is 2.80. The summed E-state index contributed by atoms with van der Waals surface area (Å²) < 4.78 is 7.14. The highest BCUT2D eigenvalue weighted by Gasteiger charge is 2.26. The number of likely N-dealkylation sites (tertiary alicyclic amines) is 1. The van der Waals surface area contributed by atoms with Gasteiger partial charge in [0, 0.05) is 26.0 Å². The van der Waals surface area contributed by atoms with Gasteiger partial charge in [0.1, 0.15) is 12.1 Å². The van der Waals surface area contributed by atoms with E-state index in [4.69, 9.17) is 9.72 Å². The van der Waals surface area contributed by atoms with Crippen LogP contribution in [0.5, 0.6) is 0 Å². The minimum atomic E-state index is 0.411. The molecule has 0 saturated carbocycles. The minimum absolute atomic E-state index is 0.411. The topological polar surface area (TPSA) is 43.2 Å². The Hall–Kier alpha value is -1.72. The zero-order valence-corrected chi connectivity index (χ0v) is 11.8. The number of pyridine rings is 1. The molecule has 0 spiro atoms. The molecule has 0 aromatic carbocycles. The van der Waals surface area contributed by atoms with Gasteiger partial charge in [0.25, 0.3) is 0 Å². The molecule has 106 valence electrons. The molecule has 2 aromatic heterocycles. The van der Waals surface area contributed by atoms with E-state index in [1.54, 1.807) is 19.6 Å². The summed E-state index contributed by atoms with van der Waals surface area (Å²) in [5.41, 5.74) is 1.14. The third kappa shape index (κ3) is 2.73. The first-order valence-electron chi connectivity index (χ1n) is 7.07. The van der Waals surface area contributed by atoms with E-state index in [-0.39, 0.29) is 0 Å². The van der Waals surface area contributed by atoms with E-state index in [9.17, 15) is 0 Å². The summed E-state index contributed by atoms with van der Waals surface area (Å²) in [6, 6.07) is 6.62. The number of hydrogen-bond donors (Lipinski definition) is 0. The van der Waals surface area contributed by atoms with E-state index in [0.717, 1.165) is 31.2 Å². The lowest BCUT2D eigenvalue weighted by atomic mass is 10.1. The molecule has 1 saturated heterocycles. The highest BCUT2D eigenvalue weighted by molar-refractivity contribution is 5.26. The third-order valence-electron chi connectivity index (χ3n) is 3.81. The van der Waals surface area contributed by atoms with Gasteiger partial charge in [-0.1, -0.05) is 6.07 Å². The second-order valence-corrected chi connectivity index (χ2v) is 5.08. The van der Waals surface area contributed by atoms with E-state index in [1.165, 1.54) is 12.8 Å². The van der Waals surface area contributed by atoms with Crippen LogP contribution in [0.25, 0.3) is 5.82 Å². The molecular formula is C15H20N4O. The zero-order chi connectivity index (χ0) is 13.8. The molecule has 5 nitrogen and oxygen atoms in total. The Morgan fingerprint density at radius 1 is 1.40 bits per heavy atom. The van der Waals surface area contributed by atoms with Crippen LogP contribution >= 0.6 is 0 Å². The molecule has 0 N–H and O–H groups in total. The Morgan fingerprint density at radius 3 is 3.15 bits per heavy atom. The summed E-state index contributed by atoms with van der Waals surface area (Å²) in [7, 11) is 1.75. The van der Waals surface area contributed by atoms with Crippen LogP contribution in [-0.2, 0) is 4.74 Å². The van der Waals surface area contributed by atoms with E-state index < -0.39 is 0 Å². The van der Waals surface area contributed by atoms with Crippen molar-refractivity contribution in [2.45, 2.75) is 18.9 Å². The van der Waals surface area contributed by atoms with Crippen LogP contribution in [0.2, 0.25) is 0 Å². The van der Waals surface area contributed by atoms with E-state index in [0.29, 0.717) is 6.04 Å². The molecular weight excluding hydrogens is 252 g/mol. The van der Waals surface area contributed by atoms with Gasteiger partial charge < -0.3 is 4.74 Å². The van der Waals surface area contributed by atoms with Crippen LogP contribution < -0.4 is 0 Å². The predicted molar refractivity (Wildman–Crippen MR) is 76.8 cm³/mol. The van der Waals surface area contributed by atoms with E-state index in [2.05, 4.69) is 22.0 Å². The fraction of sp³-hybridized carbons (Fsp3) is 0.467. The van der Waals surface area contributed by atoms with Gasteiger partial charge in [0.05, 0.1) is 18.3 Å². The van der Waals surface area contributed by atoms with Gasteiger partial charge in [-0.05, 0) is 31.5 Å². The van der Waals surface area contributed by atoms with Gasteiger partial charge in [-0.3, -0.25) is 9.47 Å². The number of ether oxygens (including phenoxy) is 1. The van der Waals surface area contributed by atoms with Crippen LogP contribution in [0.15, 0.2) is 36.9 Å². The van der Waals surface area contributed by atoms with Crippen molar-refractivity contribution in [1.82, 2.24) is 19.4 Å². The molecule has 1 unspecified atom stereocenters. The maximum atomic E-state index is 5.20. The summed E-state index contributed by atoms with van der Waals surface area (Å²) in [5, 5.41) is 0. The molecule has 1 atom stereocenters. The van der Waals surface area contributed by atoms with E-state index in [1.807, 2.05) is 16.8 Å². The zero-order valence-electron chi connectivity index (χ0n) is 11.8. The lowest BCUT2D eigenvalue weighted by Crippen LogP contribution is -2.27. The molecule has 1 aliphatic heterocycles. The van der Waals surface area contributed by atoms with Crippen molar-refractivity contribution in [1.29, 1.82) is 0 Å². The van der Waals surface area contributed by atoms with Crippen molar-refractivity contribution in [2.75, 3.05) is 26.8 Å². The Labute approximate surface area is 119 Å². The van der Waals surface area contributed by atoms with Crippen LogP contribution in [0.3, 0.4) is 0 Å². The number of methoxy groups -OCH3 is 1. The Kier molecular flexibility index (Phi) is 4.08. The van der Waals surface area contributed by atoms with Gasteiger partial charge in [-0.2, -0.15) is 0 Å². The molecule has 0 radical (unpaired) electrons. The molecule has 0 bridgehead atoms. The molecule has 5 heteroatoms. The van der Waals surface area contributed by atoms with Crippen molar-refractivity contribution in [3.8, 4) is 5.82 Å². The van der Waals surface area contributed by atoms with Crippen molar-refractivity contribution in [3.63, 3.8) is 0 Å². The largest absolute Gasteiger partial charge is 0.383 e. The normalized spacial score (nSPS) is 19.6. The SMILES string of the molecule is COCCN1CCCC1c1cccc(-n2ccnc2)n1. The quantitative estimate of drug-likeness (QED) is 0.835. The molecule has 1 fully saturated rings. The summed E-state index contributed by atoms with van der Waals surface area (Å²) in [4.78, 5) is 11.3. The lowest BCUT2D eigenvalue weighted by Gasteiger charge is -2.23. The average Bonchev–Trinajstić information content (AvgIpc) is 3.16. The highest BCUT2D eigenvalue weighted by Crippen LogP contribution is 2.30. The van der Waals surface area contributed by atoms with Crippen LogP contribution in [0.4, 0.5) is 0 Å². The number of hydrogen-bond acceptors (Lipinski definition) is 4. The summed E-state index contributed by atoms with van der Waals surface area (Å²) in [6.07, 6.45) is 7.87. The molecule has 1 aliphatic rings. The summed E-state index contributed by atoms with van der Waals surface area (Å²) in [5.74, 6) is 0.929. The first-order valence-corrected chi connectivity index (χ1v) is 7.07. The van der Waals surface area contributed by atoms with Crippen molar-refractivity contribution < 1.29 is 4.74 Å². The van der Waals surface area contributed by atoms with Crippen LogP contribution in [0, 0.1) is 0 Å². The maximum Gasteiger partial charge on any atom is 0.138 e. The molecule has 0 aliphatic carbocycles. The van der Waals surface area contributed by atoms with Gasteiger partial charge in [-0.25, -0.2) is 9.97 Å². The summed E-state index contributed by atoms with van der Waals surface area (Å²) >= 11 is 0. The minimum Gasteiger partial charge on any atom is -0.383 e. The van der Waals surface area contributed by atoms with Crippen LogP contribution in [-0.4, -0.2) is 46.2 Å². The highest BCUT2D eigenvalue weighted by atomic mass is 16.5. The fourth-order valence-corrected chi connectivity index (χ4v) is 2.80. The number of imidazole rings is 1. The molecule has 0 amide bonds. The number of aromatic nitrogens is 3.